The van der Waals surface area contributed by atoms with Gasteiger partial charge in [-0.1, -0.05) is 12.1 Å². The minimum atomic E-state index is 0.409. The number of pyridine rings is 1. The van der Waals surface area contributed by atoms with Gasteiger partial charge in [-0.05, 0) is 87.1 Å². The van der Waals surface area contributed by atoms with E-state index in [1.165, 1.54) is 30.2 Å². The number of nitrogen functional groups attached to an aromatic ring is 2. The lowest BCUT2D eigenvalue weighted by Crippen LogP contribution is -2.26. The number of fused-ring (bicyclic) bond motifs is 2. The van der Waals surface area contributed by atoms with Crippen LogP contribution in [0.1, 0.15) is 49.8 Å². The minimum Gasteiger partial charge on any atom is -0.383 e. The van der Waals surface area contributed by atoms with Crippen LogP contribution in [0.25, 0.3) is 21.9 Å². The number of hydrogen-bond donors (Lipinski definition) is 2. The van der Waals surface area contributed by atoms with Gasteiger partial charge in [0.05, 0.1) is 10.9 Å². The molecule has 1 saturated carbocycles. The summed E-state index contributed by atoms with van der Waals surface area (Å²) in [6.07, 6.45) is 9.82. The summed E-state index contributed by atoms with van der Waals surface area (Å²) in [4.78, 5) is 13.1. The molecule has 3 heterocycles. The van der Waals surface area contributed by atoms with Crippen molar-refractivity contribution in [1.82, 2.24) is 19.5 Å². The molecule has 31 heavy (non-hydrogen) atoms. The van der Waals surface area contributed by atoms with E-state index in [1.807, 2.05) is 13.0 Å². The summed E-state index contributed by atoms with van der Waals surface area (Å²) in [6.45, 7) is 4.27. The van der Waals surface area contributed by atoms with Gasteiger partial charge in [-0.15, -0.1) is 0 Å². The third-order valence-electron chi connectivity index (χ3n) is 6.98. The van der Waals surface area contributed by atoms with E-state index in [0.717, 1.165) is 46.8 Å². The molecule has 4 N–H and O–H groups in total. The summed E-state index contributed by atoms with van der Waals surface area (Å²) in [5.74, 6) is 2.79. The molecule has 6 heteroatoms. The van der Waals surface area contributed by atoms with Crippen LogP contribution in [0.4, 0.5) is 11.6 Å². The fourth-order valence-electron chi connectivity index (χ4n) is 5.03. The van der Waals surface area contributed by atoms with Crippen LogP contribution in [0.2, 0.25) is 0 Å². The highest BCUT2D eigenvalue weighted by Crippen LogP contribution is 2.40. The molecule has 0 amide bonds. The van der Waals surface area contributed by atoms with Crippen LogP contribution in [-0.2, 0) is 6.42 Å². The third kappa shape index (κ3) is 3.82. The van der Waals surface area contributed by atoms with Crippen molar-refractivity contribution >= 4 is 33.6 Å². The summed E-state index contributed by atoms with van der Waals surface area (Å²) in [5, 5.41) is 2.11. The SMILES string of the molecule is Cc1cc2ccc(CC3CC(CCC(C)n4ccc5c(N)ncnc54)C3)cc2nc1N. The fourth-order valence-corrected chi connectivity index (χ4v) is 5.03. The predicted molar refractivity (Wildman–Crippen MR) is 127 cm³/mol. The van der Waals surface area contributed by atoms with Gasteiger partial charge < -0.3 is 16.0 Å². The lowest BCUT2D eigenvalue weighted by atomic mass is 9.70. The van der Waals surface area contributed by atoms with Crippen LogP contribution in [-0.4, -0.2) is 19.5 Å². The second-order valence-electron chi connectivity index (χ2n) is 9.27. The molecule has 0 aliphatic heterocycles. The van der Waals surface area contributed by atoms with Gasteiger partial charge in [0, 0.05) is 17.6 Å². The van der Waals surface area contributed by atoms with Crippen LogP contribution in [0.3, 0.4) is 0 Å². The quantitative estimate of drug-likeness (QED) is 0.460. The second kappa shape index (κ2) is 7.84. The normalized spacial score (nSPS) is 19.5. The Hall–Kier alpha value is -3.15. The highest BCUT2D eigenvalue weighted by atomic mass is 15.1. The Bertz CT molecular complexity index is 1240. The number of nitrogens with two attached hydrogens (primary N) is 2. The largest absolute Gasteiger partial charge is 0.383 e. The van der Waals surface area contributed by atoms with Crippen molar-refractivity contribution in [3.63, 3.8) is 0 Å². The molecule has 3 aromatic heterocycles. The van der Waals surface area contributed by atoms with Gasteiger partial charge in [0.15, 0.2) is 0 Å². The van der Waals surface area contributed by atoms with Crippen LogP contribution < -0.4 is 11.5 Å². The molecule has 4 aromatic rings. The zero-order valence-electron chi connectivity index (χ0n) is 18.3. The summed E-state index contributed by atoms with van der Waals surface area (Å²) < 4.78 is 2.24. The van der Waals surface area contributed by atoms with E-state index in [1.54, 1.807) is 6.33 Å². The molecule has 1 fully saturated rings. The van der Waals surface area contributed by atoms with Crippen molar-refractivity contribution in [1.29, 1.82) is 0 Å². The first kappa shape index (κ1) is 19.8. The van der Waals surface area contributed by atoms with Crippen LogP contribution >= 0.6 is 0 Å². The standard InChI is InChI=1S/C25H30N6/c1-15-9-20-6-5-18(13-22(20)30-23(15)26)12-19-10-17(11-19)4-3-16(2)31-8-7-21-24(27)28-14-29-25(21)31/h5-9,13-14,16-17,19H,3-4,10-12H2,1-2H3,(H2,26,30)(H2,27,28,29). The number of rotatable bonds is 6. The summed E-state index contributed by atoms with van der Waals surface area (Å²) in [6, 6.07) is 11.2. The zero-order valence-corrected chi connectivity index (χ0v) is 18.3. The van der Waals surface area contributed by atoms with Gasteiger partial charge in [-0.3, -0.25) is 0 Å². The van der Waals surface area contributed by atoms with E-state index in [4.69, 9.17) is 11.5 Å². The van der Waals surface area contributed by atoms with E-state index in [9.17, 15) is 0 Å². The molecule has 1 aliphatic carbocycles. The third-order valence-corrected chi connectivity index (χ3v) is 6.98. The van der Waals surface area contributed by atoms with Crippen molar-refractivity contribution < 1.29 is 0 Å². The van der Waals surface area contributed by atoms with Crippen LogP contribution in [0.5, 0.6) is 0 Å². The molecule has 1 unspecified atom stereocenters. The molecule has 0 saturated heterocycles. The number of benzene rings is 1. The Morgan fingerprint density at radius 2 is 1.90 bits per heavy atom. The summed E-state index contributed by atoms with van der Waals surface area (Å²) >= 11 is 0. The van der Waals surface area contributed by atoms with Crippen LogP contribution in [0.15, 0.2) is 42.9 Å². The van der Waals surface area contributed by atoms with Gasteiger partial charge in [0.1, 0.15) is 23.6 Å². The van der Waals surface area contributed by atoms with Gasteiger partial charge >= 0.3 is 0 Å². The fraction of sp³-hybridized carbons (Fsp3) is 0.400. The first-order valence-corrected chi connectivity index (χ1v) is 11.2. The maximum absolute atomic E-state index is 6.00. The Kier molecular flexibility index (Phi) is 5.00. The van der Waals surface area contributed by atoms with Crippen molar-refractivity contribution in [2.45, 2.75) is 52.0 Å². The van der Waals surface area contributed by atoms with Crippen molar-refractivity contribution in [3.8, 4) is 0 Å². The molecule has 1 atom stereocenters. The minimum absolute atomic E-state index is 0.409. The Labute approximate surface area is 182 Å². The number of aromatic nitrogens is 4. The molecule has 0 bridgehead atoms. The monoisotopic (exact) mass is 414 g/mol. The highest BCUT2D eigenvalue weighted by molar-refractivity contribution is 5.86. The first-order chi connectivity index (χ1) is 15.0. The number of hydrogen-bond acceptors (Lipinski definition) is 5. The number of nitrogens with zero attached hydrogens (tertiary/aromatic N) is 4. The molecule has 0 spiro atoms. The predicted octanol–water partition coefficient (Wildman–Crippen LogP) is 5.06. The second-order valence-corrected chi connectivity index (χ2v) is 9.27. The Morgan fingerprint density at radius 3 is 2.74 bits per heavy atom. The molecule has 160 valence electrons. The molecule has 0 radical (unpaired) electrons. The van der Waals surface area contributed by atoms with Gasteiger partial charge in [-0.2, -0.15) is 0 Å². The molecular formula is C25H30N6. The Morgan fingerprint density at radius 1 is 1.06 bits per heavy atom. The van der Waals surface area contributed by atoms with E-state index in [0.29, 0.717) is 17.7 Å². The molecule has 1 aromatic carbocycles. The van der Waals surface area contributed by atoms with Gasteiger partial charge in [-0.25, -0.2) is 15.0 Å². The topological polar surface area (TPSA) is 95.6 Å². The first-order valence-electron chi connectivity index (χ1n) is 11.2. The lowest BCUT2D eigenvalue weighted by molar-refractivity contribution is 0.172. The van der Waals surface area contributed by atoms with Crippen molar-refractivity contribution in [3.05, 3.63) is 54.0 Å². The van der Waals surface area contributed by atoms with E-state index in [-0.39, 0.29) is 0 Å². The number of anilines is 2. The summed E-state index contributed by atoms with van der Waals surface area (Å²) in [7, 11) is 0. The molecule has 5 rings (SSSR count). The number of aryl methyl sites for hydroxylation is 1. The van der Waals surface area contributed by atoms with Crippen LogP contribution in [0, 0.1) is 18.8 Å². The highest BCUT2D eigenvalue weighted by Gasteiger charge is 2.29. The molecule has 1 aliphatic rings. The molecular weight excluding hydrogens is 384 g/mol. The van der Waals surface area contributed by atoms with Gasteiger partial charge in [0.2, 0.25) is 0 Å². The maximum atomic E-state index is 6.00. The zero-order chi connectivity index (χ0) is 21.5. The van der Waals surface area contributed by atoms with E-state index < -0.39 is 0 Å². The average molecular weight is 415 g/mol. The van der Waals surface area contributed by atoms with Crippen molar-refractivity contribution in [2.24, 2.45) is 11.8 Å². The van der Waals surface area contributed by atoms with Gasteiger partial charge in [0.25, 0.3) is 0 Å². The smallest absolute Gasteiger partial charge is 0.145 e. The Balaban J connectivity index is 1.15. The average Bonchev–Trinajstić information content (AvgIpc) is 3.16. The molecule has 6 nitrogen and oxygen atoms in total. The summed E-state index contributed by atoms with van der Waals surface area (Å²) in [5.41, 5.74) is 16.3. The maximum Gasteiger partial charge on any atom is 0.145 e. The van der Waals surface area contributed by atoms with E-state index >= 15 is 0 Å². The lowest BCUT2D eigenvalue weighted by Gasteiger charge is -2.36. The van der Waals surface area contributed by atoms with Crippen molar-refractivity contribution in [2.75, 3.05) is 11.5 Å². The van der Waals surface area contributed by atoms with E-state index in [2.05, 4.69) is 56.9 Å².